The van der Waals surface area contributed by atoms with Crippen molar-refractivity contribution in [1.29, 1.82) is 0 Å². The fourth-order valence-electron chi connectivity index (χ4n) is 9.83. The smallest absolute Gasteiger partial charge is 0.0594 e. The highest BCUT2D eigenvalue weighted by molar-refractivity contribution is 5.09. The fourth-order valence-corrected chi connectivity index (χ4v) is 9.83. The van der Waals surface area contributed by atoms with Gasteiger partial charge in [0, 0.05) is 6.61 Å². The van der Waals surface area contributed by atoms with Crippen molar-refractivity contribution in [2.45, 2.75) is 117 Å². The van der Waals surface area contributed by atoms with Crippen LogP contribution in [0.15, 0.2) is 0 Å². The summed E-state index contributed by atoms with van der Waals surface area (Å²) < 4.78 is 0. The number of aliphatic hydroxyl groups is 2. The molecular weight excluding hydrogens is 368 g/mol. The van der Waals surface area contributed by atoms with E-state index in [1.807, 2.05) is 13.8 Å². The molecule has 9 atom stereocenters. The maximum atomic E-state index is 10.4. The van der Waals surface area contributed by atoms with E-state index in [4.69, 9.17) is 0 Å². The van der Waals surface area contributed by atoms with Crippen molar-refractivity contribution in [3.8, 4) is 0 Å². The van der Waals surface area contributed by atoms with Crippen LogP contribution in [0, 0.1) is 52.3 Å². The van der Waals surface area contributed by atoms with Crippen LogP contribution in [0.4, 0.5) is 0 Å². The SMILES string of the molecule is CC(CCCO)[C@H]1CC[C@H]2C3CCC4CC(CC(C)(C)O)CCC4(C)[C@H]3CCC12C. The van der Waals surface area contributed by atoms with Crippen molar-refractivity contribution in [2.75, 3.05) is 6.61 Å². The zero-order valence-electron chi connectivity index (χ0n) is 20.6. The molecule has 4 fully saturated rings. The van der Waals surface area contributed by atoms with Crippen LogP contribution in [-0.2, 0) is 0 Å². The third kappa shape index (κ3) is 4.02. The molecule has 174 valence electrons. The molecule has 0 saturated heterocycles. The van der Waals surface area contributed by atoms with Crippen molar-refractivity contribution in [1.82, 2.24) is 0 Å². The van der Waals surface area contributed by atoms with Crippen molar-refractivity contribution >= 4 is 0 Å². The summed E-state index contributed by atoms with van der Waals surface area (Å²) in [6, 6.07) is 0. The zero-order chi connectivity index (χ0) is 21.7. The van der Waals surface area contributed by atoms with Crippen molar-refractivity contribution < 1.29 is 10.2 Å². The van der Waals surface area contributed by atoms with Gasteiger partial charge in [-0.3, -0.25) is 0 Å². The Bertz CT molecular complexity index is 594. The summed E-state index contributed by atoms with van der Waals surface area (Å²) in [7, 11) is 0. The first-order chi connectivity index (χ1) is 14.1. The van der Waals surface area contributed by atoms with Gasteiger partial charge in [-0.15, -0.1) is 0 Å². The van der Waals surface area contributed by atoms with E-state index in [0.717, 1.165) is 54.3 Å². The summed E-state index contributed by atoms with van der Waals surface area (Å²) >= 11 is 0. The highest BCUT2D eigenvalue weighted by atomic mass is 16.3. The number of rotatable bonds is 6. The minimum absolute atomic E-state index is 0.357. The van der Waals surface area contributed by atoms with Gasteiger partial charge >= 0.3 is 0 Å². The Morgan fingerprint density at radius 3 is 2.33 bits per heavy atom. The summed E-state index contributed by atoms with van der Waals surface area (Å²) in [5, 5.41) is 19.7. The number of fused-ring (bicyclic) bond motifs is 5. The van der Waals surface area contributed by atoms with E-state index < -0.39 is 5.60 Å². The molecule has 0 radical (unpaired) electrons. The molecule has 2 nitrogen and oxygen atoms in total. The van der Waals surface area contributed by atoms with Crippen LogP contribution in [0.1, 0.15) is 112 Å². The molecule has 4 aliphatic rings. The van der Waals surface area contributed by atoms with Crippen molar-refractivity contribution in [3.63, 3.8) is 0 Å². The Balaban J connectivity index is 1.46. The third-order valence-corrected chi connectivity index (χ3v) is 11.1. The lowest BCUT2D eigenvalue weighted by atomic mass is 9.43. The lowest BCUT2D eigenvalue weighted by molar-refractivity contribution is -0.124. The average Bonchev–Trinajstić information content (AvgIpc) is 3.02. The Kier molecular flexibility index (Phi) is 6.44. The molecule has 4 rings (SSSR count). The Morgan fingerprint density at radius 2 is 1.63 bits per heavy atom. The van der Waals surface area contributed by atoms with E-state index in [0.29, 0.717) is 17.4 Å². The van der Waals surface area contributed by atoms with Gasteiger partial charge in [0.1, 0.15) is 0 Å². The summed E-state index contributed by atoms with van der Waals surface area (Å²) in [6.45, 7) is 12.2. The molecule has 0 heterocycles. The van der Waals surface area contributed by atoms with E-state index in [1.54, 1.807) is 0 Å². The summed E-state index contributed by atoms with van der Waals surface area (Å²) in [5.41, 5.74) is 0.603. The second-order valence-electron chi connectivity index (χ2n) is 13.4. The number of aliphatic hydroxyl groups excluding tert-OH is 1. The molecule has 0 aromatic rings. The topological polar surface area (TPSA) is 40.5 Å². The van der Waals surface area contributed by atoms with Crippen LogP contribution in [0.5, 0.6) is 0 Å². The molecule has 6 unspecified atom stereocenters. The first-order valence-electron chi connectivity index (χ1n) is 13.4. The van der Waals surface area contributed by atoms with E-state index in [-0.39, 0.29) is 0 Å². The predicted molar refractivity (Wildman–Crippen MR) is 125 cm³/mol. The van der Waals surface area contributed by atoms with E-state index >= 15 is 0 Å². The zero-order valence-corrected chi connectivity index (χ0v) is 20.6. The molecule has 0 aliphatic heterocycles. The number of hydrogen-bond donors (Lipinski definition) is 2. The monoisotopic (exact) mass is 418 g/mol. The minimum Gasteiger partial charge on any atom is -0.396 e. The maximum absolute atomic E-state index is 10.4. The molecule has 4 aliphatic carbocycles. The summed E-state index contributed by atoms with van der Waals surface area (Å²) in [5.74, 6) is 6.14. The number of hydrogen-bond acceptors (Lipinski definition) is 2. The normalized spacial score (nSPS) is 47.3. The van der Waals surface area contributed by atoms with Crippen LogP contribution in [-0.4, -0.2) is 22.4 Å². The first-order valence-corrected chi connectivity index (χ1v) is 13.4. The second kappa shape index (κ2) is 8.36. The van der Waals surface area contributed by atoms with Gasteiger partial charge in [-0.25, -0.2) is 0 Å². The Labute approximate surface area is 186 Å². The first kappa shape index (κ1) is 23.1. The van der Waals surface area contributed by atoms with Crippen molar-refractivity contribution in [2.24, 2.45) is 52.3 Å². The van der Waals surface area contributed by atoms with Crippen LogP contribution >= 0.6 is 0 Å². The lowest BCUT2D eigenvalue weighted by Gasteiger charge is -2.61. The van der Waals surface area contributed by atoms with Crippen LogP contribution in [0.3, 0.4) is 0 Å². The Morgan fingerprint density at radius 1 is 0.933 bits per heavy atom. The highest BCUT2D eigenvalue weighted by Crippen LogP contribution is 2.68. The summed E-state index contributed by atoms with van der Waals surface area (Å²) in [4.78, 5) is 0. The Hall–Kier alpha value is -0.0800. The molecule has 0 bridgehead atoms. The second-order valence-corrected chi connectivity index (χ2v) is 13.4. The molecule has 30 heavy (non-hydrogen) atoms. The van der Waals surface area contributed by atoms with Crippen LogP contribution < -0.4 is 0 Å². The van der Waals surface area contributed by atoms with Gasteiger partial charge in [-0.1, -0.05) is 20.8 Å². The average molecular weight is 419 g/mol. The van der Waals surface area contributed by atoms with Gasteiger partial charge in [-0.2, -0.15) is 0 Å². The molecule has 0 aromatic heterocycles. The van der Waals surface area contributed by atoms with Gasteiger partial charge in [0.2, 0.25) is 0 Å². The van der Waals surface area contributed by atoms with E-state index in [2.05, 4.69) is 20.8 Å². The van der Waals surface area contributed by atoms with Gasteiger partial charge in [0.25, 0.3) is 0 Å². The maximum Gasteiger partial charge on any atom is 0.0594 e. The molecule has 4 saturated carbocycles. The fraction of sp³-hybridized carbons (Fsp3) is 1.00. The van der Waals surface area contributed by atoms with Crippen LogP contribution in [0.2, 0.25) is 0 Å². The van der Waals surface area contributed by atoms with E-state index in [1.165, 1.54) is 64.2 Å². The molecule has 0 aromatic carbocycles. The molecule has 0 amide bonds. The quantitative estimate of drug-likeness (QED) is 0.496. The summed E-state index contributed by atoms with van der Waals surface area (Å²) in [6.07, 6.45) is 16.0. The standard InChI is InChI=1S/C28H50O2/c1-19(7-6-16-29)23-10-11-24-22-9-8-21-17-20(18-26(2,3)30)12-14-27(21,4)25(22)13-15-28(23,24)5/h19-25,29-30H,6-18H2,1-5H3/t19?,20?,21?,22?,23-,24+,25+,27?,28?/m1/s1. The van der Waals surface area contributed by atoms with Crippen molar-refractivity contribution in [3.05, 3.63) is 0 Å². The van der Waals surface area contributed by atoms with E-state index in [9.17, 15) is 10.2 Å². The third-order valence-electron chi connectivity index (χ3n) is 11.1. The van der Waals surface area contributed by atoms with Crippen LogP contribution in [0.25, 0.3) is 0 Å². The predicted octanol–water partition coefficient (Wildman–Crippen LogP) is 6.83. The minimum atomic E-state index is -0.506. The van der Waals surface area contributed by atoms with Gasteiger partial charge in [0.05, 0.1) is 5.60 Å². The lowest BCUT2D eigenvalue weighted by Crippen LogP contribution is -2.54. The van der Waals surface area contributed by atoms with Gasteiger partial charge in [-0.05, 0) is 143 Å². The molecule has 2 N–H and O–H groups in total. The molecule has 0 spiro atoms. The van der Waals surface area contributed by atoms with Gasteiger partial charge < -0.3 is 10.2 Å². The highest BCUT2D eigenvalue weighted by Gasteiger charge is 2.60. The van der Waals surface area contributed by atoms with Gasteiger partial charge in [0.15, 0.2) is 0 Å². The molecule has 2 heteroatoms. The molecular formula is C28H50O2. The largest absolute Gasteiger partial charge is 0.396 e.